The Labute approximate surface area is 183 Å². The normalized spacial score (nSPS) is 14.9. The number of anilines is 2. The molecule has 1 saturated heterocycles. The third kappa shape index (κ3) is 4.32. The van der Waals surface area contributed by atoms with E-state index < -0.39 is 0 Å². The van der Waals surface area contributed by atoms with E-state index in [4.69, 9.17) is 10.5 Å². The smallest absolute Gasteiger partial charge is 0.278 e. The van der Waals surface area contributed by atoms with Crippen LogP contribution in [-0.4, -0.2) is 46.5 Å². The van der Waals surface area contributed by atoms with E-state index in [1.807, 2.05) is 69.4 Å². The second-order valence-electron chi connectivity index (χ2n) is 8.24. The third-order valence-corrected chi connectivity index (χ3v) is 5.73. The van der Waals surface area contributed by atoms with Crippen LogP contribution >= 0.6 is 0 Å². The van der Waals surface area contributed by atoms with Gasteiger partial charge in [0.1, 0.15) is 11.6 Å². The average Bonchev–Trinajstić information content (AvgIpc) is 2.98. The van der Waals surface area contributed by atoms with Gasteiger partial charge in [-0.1, -0.05) is 30.3 Å². The lowest BCUT2D eigenvalue weighted by Gasteiger charge is -2.36. The Hall–Kier alpha value is -3.19. The molecule has 0 spiro atoms. The molecule has 7 nitrogen and oxygen atoms in total. The van der Waals surface area contributed by atoms with E-state index in [0.717, 1.165) is 43.3 Å². The largest absolute Gasteiger partial charge is 0.489 e. The first kappa shape index (κ1) is 21.1. The highest BCUT2D eigenvalue weighted by molar-refractivity contribution is 5.58. The number of aromatic nitrogens is 2. The van der Waals surface area contributed by atoms with Gasteiger partial charge >= 0.3 is 0 Å². The van der Waals surface area contributed by atoms with Crippen LogP contribution < -0.4 is 20.9 Å². The van der Waals surface area contributed by atoms with Crippen LogP contribution in [0, 0.1) is 0 Å². The Morgan fingerprint density at radius 2 is 1.61 bits per heavy atom. The maximum Gasteiger partial charge on any atom is 0.278 e. The third-order valence-electron chi connectivity index (χ3n) is 5.73. The molecule has 3 aromatic rings. The second kappa shape index (κ2) is 8.89. The summed E-state index contributed by atoms with van der Waals surface area (Å²) in [6.45, 7) is 8.10. The van der Waals surface area contributed by atoms with Crippen LogP contribution in [0.25, 0.3) is 5.69 Å². The SMILES string of the molecule is CC(C)Oc1ccccc1N1CCN(Cc2c(N)n(C)n(-c3ccccc3)c2=O)CC1. The fourth-order valence-electron chi connectivity index (χ4n) is 4.13. The monoisotopic (exact) mass is 421 g/mol. The number of ether oxygens (including phenoxy) is 1. The molecule has 2 aromatic carbocycles. The van der Waals surface area contributed by atoms with Gasteiger partial charge in [-0.25, -0.2) is 4.68 Å². The van der Waals surface area contributed by atoms with Crippen LogP contribution in [0.15, 0.2) is 59.4 Å². The molecule has 0 aliphatic carbocycles. The zero-order valence-electron chi connectivity index (χ0n) is 18.5. The summed E-state index contributed by atoms with van der Waals surface area (Å²) in [7, 11) is 1.83. The van der Waals surface area contributed by atoms with Crippen molar-refractivity contribution in [3.8, 4) is 11.4 Å². The molecule has 7 heteroatoms. The Kier molecular flexibility index (Phi) is 6.04. The van der Waals surface area contributed by atoms with Gasteiger partial charge < -0.3 is 15.4 Å². The fourth-order valence-corrected chi connectivity index (χ4v) is 4.13. The first-order valence-electron chi connectivity index (χ1n) is 10.8. The number of nitrogens with two attached hydrogens (primary N) is 1. The Morgan fingerprint density at radius 3 is 2.29 bits per heavy atom. The molecule has 2 N–H and O–H groups in total. The van der Waals surface area contributed by atoms with Gasteiger partial charge in [0, 0.05) is 39.8 Å². The van der Waals surface area contributed by atoms with Crippen molar-refractivity contribution in [2.45, 2.75) is 26.5 Å². The number of hydrogen-bond donors (Lipinski definition) is 1. The number of para-hydroxylation sites is 3. The van der Waals surface area contributed by atoms with E-state index in [9.17, 15) is 4.79 Å². The summed E-state index contributed by atoms with van der Waals surface area (Å²) in [5, 5.41) is 0. The second-order valence-corrected chi connectivity index (χ2v) is 8.24. The summed E-state index contributed by atoms with van der Waals surface area (Å²) in [4.78, 5) is 17.8. The van der Waals surface area contributed by atoms with E-state index in [1.165, 1.54) is 0 Å². The topological polar surface area (TPSA) is 68.7 Å². The lowest BCUT2D eigenvalue weighted by molar-refractivity contribution is 0.235. The van der Waals surface area contributed by atoms with Crippen LogP contribution in [0.3, 0.4) is 0 Å². The molecule has 1 fully saturated rings. The Balaban J connectivity index is 1.48. The van der Waals surface area contributed by atoms with E-state index in [1.54, 1.807) is 9.36 Å². The molecular weight excluding hydrogens is 390 g/mol. The fraction of sp³-hybridized carbons (Fsp3) is 0.375. The Bertz CT molecular complexity index is 1080. The molecule has 1 aliphatic rings. The van der Waals surface area contributed by atoms with Crippen LogP contribution in [0.5, 0.6) is 5.75 Å². The van der Waals surface area contributed by atoms with Gasteiger partial charge in [-0.15, -0.1) is 0 Å². The minimum atomic E-state index is -0.0516. The number of rotatable bonds is 6. The van der Waals surface area contributed by atoms with E-state index in [0.29, 0.717) is 17.9 Å². The van der Waals surface area contributed by atoms with Crippen LogP contribution in [0.1, 0.15) is 19.4 Å². The van der Waals surface area contributed by atoms with Gasteiger partial charge in [0.2, 0.25) is 0 Å². The van der Waals surface area contributed by atoms with E-state index >= 15 is 0 Å². The molecule has 0 bridgehead atoms. The quantitative estimate of drug-likeness (QED) is 0.663. The minimum Gasteiger partial charge on any atom is -0.489 e. The molecule has 0 atom stereocenters. The minimum absolute atomic E-state index is 0.0516. The van der Waals surface area contributed by atoms with Crippen molar-refractivity contribution >= 4 is 11.5 Å². The van der Waals surface area contributed by atoms with Gasteiger partial charge in [0.15, 0.2) is 0 Å². The lowest BCUT2D eigenvalue weighted by Crippen LogP contribution is -2.46. The molecule has 1 aromatic heterocycles. The number of hydrogen-bond acceptors (Lipinski definition) is 5. The molecular formula is C24H31N5O2. The molecule has 0 saturated carbocycles. The van der Waals surface area contributed by atoms with Crippen LogP contribution in [0.2, 0.25) is 0 Å². The molecule has 2 heterocycles. The zero-order valence-corrected chi connectivity index (χ0v) is 18.5. The zero-order chi connectivity index (χ0) is 22.0. The maximum absolute atomic E-state index is 13.1. The van der Waals surface area contributed by atoms with E-state index in [-0.39, 0.29) is 11.7 Å². The molecule has 164 valence electrons. The van der Waals surface area contributed by atoms with Crippen molar-refractivity contribution in [3.63, 3.8) is 0 Å². The standard InChI is InChI=1S/C24H31N5O2/c1-18(2)31-22-12-8-7-11-21(22)28-15-13-27(14-16-28)17-20-23(25)26(3)29(24(20)30)19-9-5-4-6-10-19/h4-12,18H,13-17,25H2,1-3H3. The van der Waals surface area contributed by atoms with Gasteiger partial charge in [-0.3, -0.25) is 14.4 Å². The number of benzene rings is 2. The van der Waals surface area contributed by atoms with Crippen molar-refractivity contribution in [1.82, 2.24) is 14.3 Å². The highest BCUT2D eigenvalue weighted by Crippen LogP contribution is 2.30. The van der Waals surface area contributed by atoms with Crippen molar-refractivity contribution < 1.29 is 4.74 Å². The Morgan fingerprint density at radius 1 is 0.968 bits per heavy atom. The lowest BCUT2D eigenvalue weighted by atomic mass is 10.2. The van der Waals surface area contributed by atoms with Gasteiger partial charge in [-0.2, -0.15) is 0 Å². The van der Waals surface area contributed by atoms with Crippen molar-refractivity contribution in [2.75, 3.05) is 36.8 Å². The average molecular weight is 422 g/mol. The first-order chi connectivity index (χ1) is 15.0. The van der Waals surface area contributed by atoms with Crippen LogP contribution in [0.4, 0.5) is 11.5 Å². The van der Waals surface area contributed by atoms with Crippen molar-refractivity contribution in [2.24, 2.45) is 7.05 Å². The van der Waals surface area contributed by atoms with Crippen LogP contribution in [-0.2, 0) is 13.6 Å². The number of piperazine rings is 1. The molecule has 0 unspecified atom stereocenters. The predicted molar refractivity (Wildman–Crippen MR) is 125 cm³/mol. The van der Waals surface area contributed by atoms with E-state index in [2.05, 4.69) is 15.9 Å². The number of nitrogen functional groups attached to an aromatic ring is 1. The summed E-state index contributed by atoms with van der Waals surface area (Å²) in [6, 6.07) is 17.8. The molecule has 0 radical (unpaired) electrons. The van der Waals surface area contributed by atoms with Gasteiger partial charge in [0.05, 0.1) is 23.0 Å². The van der Waals surface area contributed by atoms with Crippen molar-refractivity contribution in [3.05, 3.63) is 70.5 Å². The summed E-state index contributed by atoms with van der Waals surface area (Å²) in [6.07, 6.45) is 0.135. The van der Waals surface area contributed by atoms with Crippen molar-refractivity contribution in [1.29, 1.82) is 0 Å². The molecule has 0 amide bonds. The first-order valence-corrected chi connectivity index (χ1v) is 10.8. The molecule has 4 rings (SSSR count). The summed E-state index contributed by atoms with van der Waals surface area (Å²) >= 11 is 0. The summed E-state index contributed by atoms with van der Waals surface area (Å²) in [5.41, 5.74) is 8.88. The molecule has 31 heavy (non-hydrogen) atoms. The summed E-state index contributed by atoms with van der Waals surface area (Å²) in [5.74, 6) is 1.44. The molecule has 1 aliphatic heterocycles. The maximum atomic E-state index is 13.1. The number of nitrogens with zero attached hydrogens (tertiary/aromatic N) is 4. The highest BCUT2D eigenvalue weighted by atomic mass is 16.5. The van der Waals surface area contributed by atoms with Gasteiger partial charge in [0.25, 0.3) is 5.56 Å². The van der Waals surface area contributed by atoms with Gasteiger partial charge in [-0.05, 0) is 38.1 Å². The highest BCUT2D eigenvalue weighted by Gasteiger charge is 2.24. The summed E-state index contributed by atoms with van der Waals surface area (Å²) < 4.78 is 9.37. The predicted octanol–water partition coefficient (Wildman–Crippen LogP) is 2.87.